The molecule has 158 valence electrons. The minimum atomic E-state index is -0.233. The summed E-state index contributed by atoms with van der Waals surface area (Å²) in [5, 5.41) is 0. The highest BCUT2D eigenvalue weighted by Crippen LogP contribution is 2.52. The lowest BCUT2D eigenvalue weighted by Crippen LogP contribution is -2.55. The lowest BCUT2D eigenvalue weighted by Gasteiger charge is -2.46. The Balaban J connectivity index is 1.36. The Morgan fingerprint density at radius 1 is 1.13 bits per heavy atom. The molecule has 3 fully saturated rings. The zero-order valence-electron chi connectivity index (χ0n) is 17.9. The molecule has 2 saturated heterocycles. The fourth-order valence-electron chi connectivity index (χ4n) is 6.32. The van der Waals surface area contributed by atoms with Crippen LogP contribution in [0.15, 0.2) is 42.6 Å². The van der Waals surface area contributed by atoms with Gasteiger partial charge in [-0.05, 0) is 56.1 Å². The molecule has 0 spiro atoms. The number of likely N-dealkylation sites (tertiary alicyclic amines) is 2. The number of pyridine rings is 1. The van der Waals surface area contributed by atoms with E-state index in [2.05, 4.69) is 28.8 Å². The summed E-state index contributed by atoms with van der Waals surface area (Å²) in [6.07, 6.45) is 8.38. The fourth-order valence-corrected chi connectivity index (χ4v) is 6.32. The molecule has 0 unspecified atom stereocenters. The first-order chi connectivity index (χ1) is 14.5. The second-order valence-corrected chi connectivity index (χ2v) is 9.64. The van der Waals surface area contributed by atoms with Crippen molar-refractivity contribution in [3.8, 4) is 0 Å². The maximum atomic E-state index is 13.5. The molecule has 5 heteroatoms. The van der Waals surface area contributed by atoms with Crippen molar-refractivity contribution < 1.29 is 9.18 Å². The van der Waals surface area contributed by atoms with Gasteiger partial charge in [-0.15, -0.1) is 0 Å². The molecule has 5 rings (SSSR count). The molecule has 2 bridgehead atoms. The predicted molar refractivity (Wildman–Crippen MR) is 115 cm³/mol. The van der Waals surface area contributed by atoms with Gasteiger partial charge in [0.1, 0.15) is 5.82 Å². The minimum Gasteiger partial charge on any atom is -0.333 e. The van der Waals surface area contributed by atoms with E-state index >= 15 is 0 Å². The Labute approximate surface area is 178 Å². The molecule has 0 N–H and O–H groups in total. The molecule has 2 aliphatic heterocycles. The van der Waals surface area contributed by atoms with Crippen LogP contribution >= 0.6 is 0 Å². The van der Waals surface area contributed by atoms with Gasteiger partial charge in [-0.2, -0.15) is 0 Å². The summed E-state index contributed by atoms with van der Waals surface area (Å²) < 4.78 is 13.1. The quantitative estimate of drug-likeness (QED) is 0.762. The van der Waals surface area contributed by atoms with E-state index in [-0.39, 0.29) is 17.1 Å². The van der Waals surface area contributed by atoms with Gasteiger partial charge in [0.05, 0.1) is 5.56 Å². The zero-order valence-corrected chi connectivity index (χ0v) is 17.9. The van der Waals surface area contributed by atoms with E-state index in [1.807, 2.05) is 12.1 Å². The van der Waals surface area contributed by atoms with Crippen molar-refractivity contribution in [3.63, 3.8) is 0 Å². The van der Waals surface area contributed by atoms with Crippen molar-refractivity contribution in [3.05, 3.63) is 65.2 Å². The Bertz CT molecular complexity index is 928. The van der Waals surface area contributed by atoms with Gasteiger partial charge in [-0.25, -0.2) is 4.39 Å². The van der Waals surface area contributed by atoms with Crippen molar-refractivity contribution in [2.75, 3.05) is 13.6 Å². The highest BCUT2D eigenvalue weighted by Gasteiger charge is 2.58. The molecule has 1 aliphatic carbocycles. The van der Waals surface area contributed by atoms with E-state index in [0.29, 0.717) is 30.1 Å². The van der Waals surface area contributed by atoms with Crippen LogP contribution in [0.4, 0.5) is 4.39 Å². The third kappa shape index (κ3) is 3.24. The number of nitrogens with zero attached hydrogens (tertiary/aromatic N) is 3. The van der Waals surface area contributed by atoms with Crippen molar-refractivity contribution in [2.24, 2.45) is 5.41 Å². The number of aromatic nitrogens is 1. The van der Waals surface area contributed by atoms with Gasteiger partial charge in [-0.1, -0.05) is 31.9 Å². The van der Waals surface area contributed by atoms with Gasteiger partial charge in [0.15, 0.2) is 0 Å². The summed E-state index contributed by atoms with van der Waals surface area (Å²) in [6, 6.07) is 11.7. The van der Waals surface area contributed by atoms with Crippen LogP contribution in [0.5, 0.6) is 0 Å². The van der Waals surface area contributed by atoms with Crippen LogP contribution in [0.3, 0.4) is 0 Å². The largest absolute Gasteiger partial charge is 0.333 e. The highest BCUT2D eigenvalue weighted by atomic mass is 19.1. The molecule has 4 atom stereocenters. The average molecular weight is 408 g/mol. The summed E-state index contributed by atoms with van der Waals surface area (Å²) in [7, 11) is 2.25. The molecule has 4 nitrogen and oxygen atoms in total. The first-order valence-corrected chi connectivity index (χ1v) is 11.2. The standard InChI is InChI=1S/C25H30FN3O/c1-25-14-21-16-29(23(25)6-4-3-5-22(25)28(21)2)24(30)18-9-12-20(27-15-18)13-17-7-10-19(26)11-8-17/h7-12,15,21-23H,3-6,13-14,16H2,1-2H3/t21-,22-,23+,25-/m0/s1. The lowest BCUT2D eigenvalue weighted by atomic mass is 9.71. The van der Waals surface area contributed by atoms with Gasteiger partial charge < -0.3 is 4.90 Å². The minimum absolute atomic E-state index is 0.118. The van der Waals surface area contributed by atoms with Crippen LogP contribution < -0.4 is 0 Å². The molecule has 1 amide bonds. The maximum absolute atomic E-state index is 13.5. The summed E-state index contributed by atoms with van der Waals surface area (Å²) in [6.45, 7) is 3.23. The normalized spacial score (nSPS) is 30.9. The van der Waals surface area contributed by atoms with Crippen LogP contribution in [0.25, 0.3) is 0 Å². The number of amides is 1. The predicted octanol–water partition coefficient (Wildman–Crippen LogP) is 4.29. The maximum Gasteiger partial charge on any atom is 0.255 e. The molecule has 30 heavy (non-hydrogen) atoms. The number of hydrogen-bond donors (Lipinski definition) is 0. The van der Waals surface area contributed by atoms with Gasteiger partial charge in [0.25, 0.3) is 5.91 Å². The van der Waals surface area contributed by atoms with E-state index in [0.717, 1.165) is 24.2 Å². The summed E-state index contributed by atoms with van der Waals surface area (Å²) in [4.78, 5) is 22.8. The molecule has 1 aromatic heterocycles. The first kappa shape index (κ1) is 19.7. The lowest BCUT2D eigenvalue weighted by molar-refractivity contribution is 0.0283. The van der Waals surface area contributed by atoms with Crippen molar-refractivity contribution in [1.29, 1.82) is 0 Å². The Morgan fingerprint density at radius 3 is 2.57 bits per heavy atom. The van der Waals surface area contributed by atoms with Crippen LogP contribution in [0.2, 0.25) is 0 Å². The van der Waals surface area contributed by atoms with Crippen molar-refractivity contribution in [2.45, 2.75) is 63.6 Å². The molecule has 1 saturated carbocycles. The third-order valence-electron chi connectivity index (χ3n) is 7.89. The molecular weight excluding hydrogens is 377 g/mol. The molecule has 3 aliphatic rings. The number of carbonyl (C=O) groups is 1. The Kier molecular flexibility index (Phi) is 4.89. The number of piperidine rings is 1. The summed E-state index contributed by atoms with van der Waals surface area (Å²) >= 11 is 0. The number of fused-ring (bicyclic) bond motifs is 1. The van der Waals surface area contributed by atoms with E-state index < -0.39 is 0 Å². The van der Waals surface area contributed by atoms with E-state index in [4.69, 9.17) is 0 Å². The van der Waals surface area contributed by atoms with Crippen LogP contribution in [-0.2, 0) is 6.42 Å². The SMILES string of the molecule is CN1[C@@H]2CN(C(=O)c3ccc(Cc4ccc(F)cc4)nc3)[C@@H]3CCCC[C@H]1[C@]3(C)C2. The second kappa shape index (κ2) is 7.45. The van der Waals surface area contributed by atoms with Gasteiger partial charge in [0, 0.05) is 48.4 Å². The molecule has 0 radical (unpaired) electrons. The summed E-state index contributed by atoms with van der Waals surface area (Å²) in [5.41, 5.74) is 2.76. The van der Waals surface area contributed by atoms with Gasteiger partial charge in [0.2, 0.25) is 0 Å². The number of carbonyl (C=O) groups excluding carboxylic acids is 1. The smallest absolute Gasteiger partial charge is 0.255 e. The molecular formula is C25H30FN3O. The van der Waals surface area contributed by atoms with E-state index in [1.165, 1.54) is 37.8 Å². The average Bonchev–Trinajstić information content (AvgIpc) is 2.85. The summed E-state index contributed by atoms with van der Waals surface area (Å²) in [5.74, 6) is -0.115. The second-order valence-electron chi connectivity index (χ2n) is 9.64. The number of hydrogen-bond acceptors (Lipinski definition) is 3. The zero-order chi connectivity index (χ0) is 20.9. The van der Waals surface area contributed by atoms with Gasteiger partial charge >= 0.3 is 0 Å². The van der Waals surface area contributed by atoms with Gasteiger partial charge in [-0.3, -0.25) is 14.7 Å². The Hall–Kier alpha value is -2.27. The third-order valence-corrected chi connectivity index (χ3v) is 7.89. The topological polar surface area (TPSA) is 36.4 Å². The fraction of sp³-hybridized carbons (Fsp3) is 0.520. The van der Waals surface area contributed by atoms with Crippen molar-refractivity contribution >= 4 is 5.91 Å². The molecule has 2 aromatic rings. The van der Waals surface area contributed by atoms with Crippen LogP contribution in [-0.4, -0.2) is 52.4 Å². The number of rotatable bonds is 3. The Morgan fingerprint density at radius 2 is 1.87 bits per heavy atom. The van der Waals surface area contributed by atoms with E-state index in [1.54, 1.807) is 18.3 Å². The van der Waals surface area contributed by atoms with Crippen LogP contribution in [0.1, 0.15) is 60.6 Å². The number of likely N-dealkylation sites (N-methyl/N-ethyl adjacent to an activating group) is 1. The first-order valence-electron chi connectivity index (χ1n) is 11.2. The number of benzene rings is 1. The van der Waals surface area contributed by atoms with Crippen LogP contribution in [0, 0.1) is 11.2 Å². The monoisotopic (exact) mass is 407 g/mol. The molecule has 3 heterocycles. The van der Waals surface area contributed by atoms with E-state index in [9.17, 15) is 9.18 Å². The molecule has 1 aromatic carbocycles. The van der Waals surface area contributed by atoms with Crippen molar-refractivity contribution in [1.82, 2.24) is 14.8 Å². The number of halogens is 1. The highest BCUT2D eigenvalue weighted by molar-refractivity contribution is 5.94.